The highest BCUT2D eigenvalue weighted by molar-refractivity contribution is 7.84. The zero-order valence-corrected chi connectivity index (χ0v) is 12.0. The first kappa shape index (κ1) is 15.9. The molecule has 3 N–H and O–H groups in total. The molecule has 3 atom stereocenters. The number of urea groups is 1. The summed E-state index contributed by atoms with van der Waals surface area (Å²) in [6.07, 6.45) is 5.46. The summed E-state index contributed by atoms with van der Waals surface area (Å²) in [5.41, 5.74) is 0. The van der Waals surface area contributed by atoms with Crippen molar-refractivity contribution >= 4 is 22.8 Å². The van der Waals surface area contributed by atoms with Crippen LogP contribution in [0.4, 0.5) is 4.79 Å². The van der Waals surface area contributed by atoms with Crippen molar-refractivity contribution in [3.63, 3.8) is 0 Å². The van der Waals surface area contributed by atoms with E-state index in [0.29, 0.717) is 31.6 Å². The van der Waals surface area contributed by atoms with Crippen molar-refractivity contribution in [2.75, 3.05) is 18.6 Å². The summed E-state index contributed by atoms with van der Waals surface area (Å²) >= 11 is 0. The summed E-state index contributed by atoms with van der Waals surface area (Å²) in [6, 6.07) is -0.619. The van der Waals surface area contributed by atoms with Gasteiger partial charge in [-0.3, -0.25) is 9.00 Å². The van der Waals surface area contributed by atoms with Crippen molar-refractivity contribution in [2.24, 2.45) is 5.92 Å². The molecule has 0 bridgehead atoms. The molecule has 0 spiro atoms. The Labute approximate surface area is 115 Å². The van der Waals surface area contributed by atoms with Crippen LogP contribution in [0.25, 0.3) is 0 Å². The molecule has 3 unspecified atom stereocenters. The molecule has 1 aliphatic rings. The van der Waals surface area contributed by atoms with Crippen LogP contribution in [0.3, 0.4) is 0 Å². The maximum absolute atomic E-state index is 11.6. The molecule has 6 nitrogen and oxygen atoms in total. The van der Waals surface area contributed by atoms with E-state index < -0.39 is 22.7 Å². The van der Waals surface area contributed by atoms with Gasteiger partial charge in [-0.25, -0.2) is 4.79 Å². The van der Waals surface area contributed by atoms with Crippen molar-refractivity contribution in [2.45, 2.75) is 38.1 Å². The molecule has 0 saturated heterocycles. The van der Waals surface area contributed by atoms with Crippen LogP contribution in [-0.4, -0.2) is 45.9 Å². The molecule has 7 heteroatoms. The summed E-state index contributed by atoms with van der Waals surface area (Å²) in [7, 11) is -0.848. The van der Waals surface area contributed by atoms with Crippen LogP contribution >= 0.6 is 0 Å². The van der Waals surface area contributed by atoms with E-state index in [9.17, 15) is 13.8 Å². The number of carbonyl (C=O) groups is 2. The fourth-order valence-electron chi connectivity index (χ4n) is 2.30. The van der Waals surface area contributed by atoms with Crippen molar-refractivity contribution < 1.29 is 18.9 Å². The molecule has 1 fully saturated rings. The van der Waals surface area contributed by atoms with Gasteiger partial charge in [0.15, 0.2) is 0 Å². The zero-order valence-electron chi connectivity index (χ0n) is 11.2. The van der Waals surface area contributed by atoms with Gasteiger partial charge in [0, 0.05) is 35.4 Å². The highest BCUT2D eigenvalue weighted by atomic mass is 32.2. The molecular formula is C12H22N2O4S. The van der Waals surface area contributed by atoms with Gasteiger partial charge in [-0.05, 0) is 19.3 Å². The number of carboxylic acid groups (broad SMARTS) is 1. The minimum Gasteiger partial charge on any atom is -0.481 e. The number of hydrogen-bond donors (Lipinski definition) is 3. The number of aliphatic carboxylic acids is 1. The smallest absolute Gasteiger partial charge is 0.315 e. The third kappa shape index (κ3) is 6.04. The maximum atomic E-state index is 11.6. The van der Waals surface area contributed by atoms with Crippen molar-refractivity contribution in [3.05, 3.63) is 0 Å². The van der Waals surface area contributed by atoms with Crippen LogP contribution in [0.2, 0.25) is 0 Å². The number of amides is 2. The number of hydrogen-bond acceptors (Lipinski definition) is 3. The zero-order chi connectivity index (χ0) is 14.3. The lowest BCUT2D eigenvalue weighted by Crippen LogP contribution is -2.49. The van der Waals surface area contributed by atoms with E-state index in [1.165, 1.54) is 0 Å². The Balaban J connectivity index is 2.29. The van der Waals surface area contributed by atoms with E-state index in [4.69, 9.17) is 5.11 Å². The molecule has 0 aromatic carbocycles. The molecule has 0 heterocycles. The van der Waals surface area contributed by atoms with Crippen LogP contribution in [0.1, 0.15) is 32.1 Å². The van der Waals surface area contributed by atoms with Crippen molar-refractivity contribution in [3.8, 4) is 0 Å². The lowest BCUT2D eigenvalue weighted by atomic mass is 9.84. The average molecular weight is 290 g/mol. The summed E-state index contributed by atoms with van der Waals surface area (Å²) in [4.78, 5) is 22.7. The summed E-state index contributed by atoms with van der Waals surface area (Å²) in [5.74, 6) is -0.768. The van der Waals surface area contributed by atoms with Crippen LogP contribution in [-0.2, 0) is 15.6 Å². The van der Waals surface area contributed by atoms with Gasteiger partial charge in [0.1, 0.15) is 0 Å². The Hall–Kier alpha value is -1.11. The highest BCUT2D eigenvalue weighted by Crippen LogP contribution is 2.24. The average Bonchev–Trinajstić information content (AvgIpc) is 2.35. The van der Waals surface area contributed by atoms with Gasteiger partial charge in [-0.2, -0.15) is 0 Å². The van der Waals surface area contributed by atoms with E-state index in [1.807, 2.05) is 0 Å². The number of carbonyl (C=O) groups excluding carboxylic acids is 1. The standard InChI is InChI=1S/C12H22N2O4S/c1-19(18)8-4-7-13-12(17)14-10-6-3-2-5-9(10)11(15)16/h9-10H,2-8H2,1H3,(H,15,16)(H2,13,14,17). The molecule has 0 aromatic heterocycles. The van der Waals surface area contributed by atoms with Crippen LogP contribution in [0, 0.1) is 5.92 Å². The Morgan fingerprint density at radius 1 is 1.32 bits per heavy atom. The van der Waals surface area contributed by atoms with E-state index >= 15 is 0 Å². The van der Waals surface area contributed by atoms with Gasteiger partial charge < -0.3 is 15.7 Å². The lowest BCUT2D eigenvalue weighted by molar-refractivity contribution is -0.143. The summed E-state index contributed by atoms with van der Waals surface area (Å²) < 4.78 is 10.8. The predicted molar refractivity (Wildman–Crippen MR) is 73.5 cm³/mol. The lowest BCUT2D eigenvalue weighted by Gasteiger charge is -2.29. The molecule has 2 amide bonds. The van der Waals surface area contributed by atoms with Crippen LogP contribution in [0.5, 0.6) is 0 Å². The molecule has 0 aliphatic heterocycles. The van der Waals surface area contributed by atoms with E-state index in [1.54, 1.807) is 6.26 Å². The van der Waals surface area contributed by atoms with Gasteiger partial charge in [0.05, 0.1) is 5.92 Å². The molecule has 1 aliphatic carbocycles. The Morgan fingerprint density at radius 3 is 2.63 bits per heavy atom. The maximum Gasteiger partial charge on any atom is 0.315 e. The van der Waals surface area contributed by atoms with Crippen molar-refractivity contribution in [1.29, 1.82) is 0 Å². The van der Waals surface area contributed by atoms with Crippen LogP contribution < -0.4 is 10.6 Å². The third-order valence-corrected chi connectivity index (χ3v) is 4.16. The Morgan fingerprint density at radius 2 is 2.00 bits per heavy atom. The second-order valence-corrected chi connectivity index (χ2v) is 6.42. The van der Waals surface area contributed by atoms with Gasteiger partial charge in [0.25, 0.3) is 0 Å². The highest BCUT2D eigenvalue weighted by Gasteiger charge is 2.31. The fraction of sp³-hybridized carbons (Fsp3) is 0.833. The SMILES string of the molecule is CS(=O)CCCNC(=O)NC1CCCCC1C(=O)O. The molecule has 1 saturated carbocycles. The third-order valence-electron chi connectivity index (χ3n) is 3.29. The molecule has 19 heavy (non-hydrogen) atoms. The molecule has 110 valence electrons. The van der Waals surface area contributed by atoms with E-state index in [-0.39, 0.29) is 12.1 Å². The first-order valence-corrected chi connectivity index (χ1v) is 8.30. The van der Waals surface area contributed by atoms with Gasteiger partial charge in [-0.1, -0.05) is 12.8 Å². The second kappa shape index (κ2) is 8.14. The molecule has 1 rings (SSSR count). The molecule has 0 radical (unpaired) electrons. The topological polar surface area (TPSA) is 95.5 Å². The first-order chi connectivity index (χ1) is 9.00. The minimum absolute atomic E-state index is 0.286. The first-order valence-electron chi connectivity index (χ1n) is 6.58. The Kier molecular flexibility index (Phi) is 6.83. The molecule has 0 aromatic rings. The predicted octanol–water partition coefficient (Wildman–Crippen LogP) is 0.698. The monoisotopic (exact) mass is 290 g/mol. The fourth-order valence-corrected chi connectivity index (χ4v) is 2.85. The van der Waals surface area contributed by atoms with Gasteiger partial charge >= 0.3 is 12.0 Å². The second-order valence-electron chi connectivity index (χ2n) is 4.87. The summed E-state index contributed by atoms with van der Waals surface area (Å²) in [6.45, 7) is 0.454. The van der Waals surface area contributed by atoms with Crippen LogP contribution in [0.15, 0.2) is 0 Å². The number of carboxylic acids is 1. The van der Waals surface area contributed by atoms with Gasteiger partial charge in [0.2, 0.25) is 0 Å². The quantitative estimate of drug-likeness (QED) is 0.627. The molecular weight excluding hydrogens is 268 g/mol. The van der Waals surface area contributed by atoms with E-state index in [2.05, 4.69) is 10.6 Å². The number of nitrogens with one attached hydrogen (secondary N) is 2. The van der Waals surface area contributed by atoms with Gasteiger partial charge in [-0.15, -0.1) is 0 Å². The largest absolute Gasteiger partial charge is 0.481 e. The normalized spacial score (nSPS) is 24.5. The summed E-state index contributed by atoms with van der Waals surface area (Å²) in [5, 5.41) is 14.5. The van der Waals surface area contributed by atoms with E-state index in [0.717, 1.165) is 12.8 Å². The number of rotatable bonds is 6. The minimum atomic E-state index is -0.848. The van der Waals surface area contributed by atoms with Crippen molar-refractivity contribution in [1.82, 2.24) is 10.6 Å². The Bertz CT molecular complexity index is 349.